The van der Waals surface area contributed by atoms with E-state index in [2.05, 4.69) is 0 Å². The van der Waals surface area contributed by atoms with Crippen LogP contribution in [0.15, 0.2) is 39.8 Å². The number of nitrogen functional groups attached to an aromatic ring is 1. The Morgan fingerprint density at radius 1 is 1.25 bits per heavy atom. The number of fused-ring (bicyclic) bond motifs is 1. The second-order valence-corrected chi connectivity index (χ2v) is 7.89. The van der Waals surface area contributed by atoms with Gasteiger partial charge in [-0.2, -0.15) is 0 Å². The Bertz CT molecular complexity index is 886. The smallest absolute Gasteiger partial charge is 0.294 e. The fraction of sp³-hybridized carbons (Fsp3) is 0.312. The Morgan fingerprint density at radius 2 is 2.00 bits per heavy atom. The number of carbonyl (C=O) groups is 1. The van der Waals surface area contributed by atoms with Crippen LogP contribution in [0.25, 0.3) is 0 Å². The van der Waals surface area contributed by atoms with E-state index in [9.17, 15) is 13.2 Å². The van der Waals surface area contributed by atoms with Gasteiger partial charge in [-0.15, -0.1) is 0 Å². The lowest BCUT2D eigenvalue weighted by Gasteiger charge is -2.29. The molecule has 2 N–H and O–H groups in total. The molecule has 7 nitrogen and oxygen atoms in total. The number of nitrogens with zero attached hydrogens (tertiary/aromatic N) is 2. The Kier molecular flexibility index (Phi) is 4.10. The van der Waals surface area contributed by atoms with Gasteiger partial charge in [0.1, 0.15) is 0 Å². The first kappa shape index (κ1) is 16.5. The fourth-order valence-corrected chi connectivity index (χ4v) is 3.54. The molecule has 0 bridgehead atoms. The van der Waals surface area contributed by atoms with Crippen molar-refractivity contribution in [2.45, 2.75) is 17.9 Å². The van der Waals surface area contributed by atoms with Crippen LogP contribution in [0.4, 0.5) is 11.4 Å². The predicted molar refractivity (Wildman–Crippen MR) is 90.4 cm³/mol. The number of sulfonamides is 1. The third-order valence-electron chi connectivity index (χ3n) is 4.06. The first-order valence-corrected chi connectivity index (χ1v) is 8.98. The van der Waals surface area contributed by atoms with Crippen LogP contribution < -0.4 is 10.6 Å². The van der Waals surface area contributed by atoms with Crippen molar-refractivity contribution in [2.75, 3.05) is 31.3 Å². The van der Waals surface area contributed by atoms with Gasteiger partial charge in [0.25, 0.3) is 15.9 Å². The molecule has 3 rings (SSSR count). The van der Waals surface area contributed by atoms with Crippen LogP contribution in [-0.2, 0) is 16.4 Å². The van der Waals surface area contributed by atoms with Gasteiger partial charge >= 0.3 is 0 Å². The van der Waals surface area contributed by atoms with Crippen molar-refractivity contribution in [2.24, 2.45) is 0 Å². The minimum absolute atomic E-state index is 0.00861. The zero-order valence-corrected chi connectivity index (χ0v) is 14.3. The average Bonchev–Trinajstić information content (AvgIpc) is 3.04. The van der Waals surface area contributed by atoms with Crippen LogP contribution in [0.5, 0.6) is 0 Å². The van der Waals surface area contributed by atoms with Gasteiger partial charge in [0.05, 0.1) is 0 Å². The molecule has 0 spiro atoms. The molecule has 0 saturated heterocycles. The molecule has 24 heavy (non-hydrogen) atoms. The number of carbonyl (C=O) groups excluding carboxylic acids is 1. The molecule has 0 saturated carbocycles. The van der Waals surface area contributed by atoms with E-state index < -0.39 is 10.0 Å². The second-order valence-electron chi connectivity index (χ2n) is 5.81. The number of rotatable bonds is 3. The number of furan rings is 1. The first-order valence-electron chi connectivity index (χ1n) is 7.54. The van der Waals surface area contributed by atoms with Crippen molar-refractivity contribution in [3.8, 4) is 0 Å². The topological polar surface area (TPSA) is 96.9 Å². The van der Waals surface area contributed by atoms with E-state index in [1.54, 1.807) is 11.0 Å². The molecule has 1 aliphatic heterocycles. The quantitative estimate of drug-likeness (QED) is 0.851. The van der Waals surface area contributed by atoms with E-state index >= 15 is 0 Å². The molecule has 0 unspecified atom stereocenters. The Morgan fingerprint density at radius 3 is 2.71 bits per heavy atom. The van der Waals surface area contributed by atoms with Crippen LogP contribution in [-0.4, -0.2) is 39.3 Å². The van der Waals surface area contributed by atoms with Crippen molar-refractivity contribution < 1.29 is 17.6 Å². The lowest BCUT2D eigenvalue weighted by molar-refractivity contribution is 0.0953. The molecule has 8 heteroatoms. The highest BCUT2D eigenvalue weighted by Gasteiger charge is 2.29. The predicted octanol–water partition coefficient (Wildman–Crippen LogP) is 1.71. The lowest BCUT2D eigenvalue weighted by atomic mass is 9.99. The van der Waals surface area contributed by atoms with Crippen molar-refractivity contribution in [3.05, 3.63) is 41.7 Å². The van der Waals surface area contributed by atoms with E-state index in [-0.39, 0.29) is 16.8 Å². The molecular weight excluding hydrogens is 330 g/mol. The maximum Gasteiger partial charge on any atom is 0.294 e. The highest BCUT2D eigenvalue weighted by atomic mass is 32.2. The summed E-state index contributed by atoms with van der Waals surface area (Å²) >= 11 is 0. The van der Waals surface area contributed by atoms with Crippen molar-refractivity contribution in [1.29, 1.82) is 0 Å². The third kappa shape index (κ3) is 2.67. The van der Waals surface area contributed by atoms with Gasteiger partial charge in [-0.05, 0) is 42.7 Å². The minimum atomic E-state index is -3.71. The lowest BCUT2D eigenvalue weighted by Crippen LogP contribution is -2.35. The molecule has 128 valence electrons. The summed E-state index contributed by atoms with van der Waals surface area (Å²) in [7, 11) is -0.900. The molecule has 1 aromatic carbocycles. The van der Waals surface area contributed by atoms with Crippen LogP contribution in [0.2, 0.25) is 0 Å². The SMILES string of the molecule is CN(C)S(=O)(=O)c1ccc(C(=O)N2CCCc3c(N)cccc32)o1. The van der Waals surface area contributed by atoms with Crippen molar-refractivity contribution in [3.63, 3.8) is 0 Å². The van der Waals surface area contributed by atoms with E-state index in [4.69, 9.17) is 10.2 Å². The Labute approximate surface area is 140 Å². The second kappa shape index (κ2) is 5.95. The Balaban J connectivity index is 1.95. The molecule has 0 aliphatic carbocycles. The number of nitrogens with two attached hydrogens (primary N) is 1. The van der Waals surface area contributed by atoms with Gasteiger partial charge < -0.3 is 15.1 Å². The van der Waals surface area contributed by atoms with Gasteiger partial charge in [-0.3, -0.25) is 4.79 Å². The summed E-state index contributed by atoms with van der Waals surface area (Å²) in [6.07, 6.45) is 1.60. The van der Waals surface area contributed by atoms with Gasteiger partial charge in [0, 0.05) is 32.0 Å². The van der Waals surface area contributed by atoms with E-state index in [0.717, 1.165) is 28.4 Å². The molecule has 1 aromatic heterocycles. The molecular formula is C16H19N3O4S. The molecule has 0 radical (unpaired) electrons. The summed E-state index contributed by atoms with van der Waals surface area (Å²) in [5.74, 6) is -0.382. The van der Waals surface area contributed by atoms with Gasteiger partial charge in [0.2, 0.25) is 5.09 Å². The van der Waals surface area contributed by atoms with Gasteiger partial charge in [-0.1, -0.05) is 6.07 Å². The first-order chi connectivity index (χ1) is 11.3. The number of anilines is 2. The zero-order chi connectivity index (χ0) is 17.5. The molecule has 1 aliphatic rings. The van der Waals surface area contributed by atoms with Gasteiger partial charge in [0.15, 0.2) is 5.76 Å². The fourth-order valence-electron chi connectivity index (χ4n) is 2.75. The molecule has 0 atom stereocenters. The Hall–Kier alpha value is -2.32. The zero-order valence-electron chi connectivity index (χ0n) is 13.5. The summed E-state index contributed by atoms with van der Waals surface area (Å²) in [6, 6.07) is 8.13. The van der Waals surface area contributed by atoms with Crippen molar-refractivity contribution in [1.82, 2.24) is 4.31 Å². The highest BCUT2D eigenvalue weighted by molar-refractivity contribution is 7.88. The van der Waals surface area contributed by atoms with E-state index in [1.807, 2.05) is 12.1 Å². The van der Waals surface area contributed by atoms with E-state index in [1.165, 1.54) is 26.2 Å². The van der Waals surface area contributed by atoms with Crippen LogP contribution in [0, 0.1) is 0 Å². The highest BCUT2D eigenvalue weighted by Crippen LogP contribution is 2.32. The minimum Gasteiger partial charge on any atom is -0.438 e. The van der Waals surface area contributed by atoms with E-state index in [0.29, 0.717) is 12.2 Å². The van der Waals surface area contributed by atoms with Gasteiger partial charge in [-0.25, -0.2) is 12.7 Å². The number of benzene rings is 1. The molecule has 0 fully saturated rings. The van der Waals surface area contributed by atoms with Crippen LogP contribution >= 0.6 is 0 Å². The van der Waals surface area contributed by atoms with Crippen LogP contribution in [0.1, 0.15) is 22.5 Å². The molecule has 1 amide bonds. The monoisotopic (exact) mass is 349 g/mol. The maximum absolute atomic E-state index is 12.8. The third-order valence-corrected chi connectivity index (χ3v) is 5.75. The van der Waals surface area contributed by atoms with Crippen molar-refractivity contribution >= 4 is 27.3 Å². The summed E-state index contributed by atoms with van der Waals surface area (Å²) in [5, 5.41) is -0.249. The standard InChI is InChI=1S/C16H19N3O4S/c1-18(2)24(21,22)15-9-8-14(23-15)16(20)19-10-4-5-11-12(17)6-3-7-13(11)19/h3,6-9H,4-5,10,17H2,1-2H3. The summed E-state index contributed by atoms with van der Waals surface area (Å²) in [6.45, 7) is 0.533. The number of hydrogen-bond donors (Lipinski definition) is 1. The number of hydrogen-bond acceptors (Lipinski definition) is 5. The van der Waals surface area contributed by atoms with Crippen LogP contribution in [0.3, 0.4) is 0 Å². The number of amides is 1. The summed E-state index contributed by atoms with van der Waals surface area (Å²) < 4.78 is 30.5. The normalized spacial score (nSPS) is 14.7. The average molecular weight is 349 g/mol. The summed E-state index contributed by atoms with van der Waals surface area (Å²) in [4.78, 5) is 14.4. The molecule has 2 heterocycles. The largest absolute Gasteiger partial charge is 0.438 e. The summed E-state index contributed by atoms with van der Waals surface area (Å²) in [5.41, 5.74) is 8.33. The maximum atomic E-state index is 12.8. The molecule has 2 aromatic rings.